The largest absolute Gasteiger partial charge is 0.476 e. The summed E-state index contributed by atoms with van der Waals surface area (Å²) in [5, 5.41) is 2.73. The van der Waals surface area contributed by atoms with E-state index in [9.17, 15) is 24.0 Å². The van der Waals surface area contributed by atoms with E-state index in [-0.39, 0.29) is 25.0 Å². The summed E-state index contributed by atoms with van der Waals surface area (Å²) >= 11 is 0. The van der Waals surface area contributed by atoms with Gasteiger partial charge < -0.3 is 38.8 Å². The molecule has 2 aliphatic heterocycles. The monoisotopic (exact) mass is 613 g/mol. The van der Waals surface area contributed by atoms with Crippen molar-refractivity contribution in [2.45, 2.75) is 52.7 Å². The van der Waals surface area contributed by atoms with Gasteiger partial charge >= 0.3 is 18.0 Å². The van der Waals surface area contributed by atoms with Gasteiger partial charge in [0.15, 0.2) is 11.2 Å². The molecule has 0 spiro atoms. The van der Waals surface area contributed by atoms with Gasteiger partial charge in [-0.3, -0.25) is 9.59 Å². The summed E-state index contributed by atoms with van der Waals surface area (Å²) in [7, 11) is 5.77. The maximum absolute atomic E-state index is 12.8. The average Bonchev–Trinajstić information content (AvgIpc) is 2.94. The molecule has 0 bridgehead atoms. The van der Waals surface area contributed by atoms with Crippen LogP contribution in [0, 0.1) is 13.8 Å². The van der Waals surface area contributed by atoms with Crippen LogP contribution in [0.15, 0.2) is 24.3 Å². The molecule has 2 heterocycles. The van der Waals surface area contributed by atoms with Crippen molar-refractivity contribution in [3.05, 3.63) is 46.5 Å². The smallest absolute Gasteiger partial charge is 0.409 e. The van der Waals surface area contributed by atoms with E-state index in [1.807, 2.05) is 0 Å². The molecule has 44 heavy (non-hydrogen) atoms. The molecule has 0 saturated carbocycles. The van der Waals surface area contributed by atoms with Crippen LogP contribution in [0.2, 0.25) is 0 Å². The minimum Gasteiger partial charge on any atom is -0.476 e. The average molecular weight is 614 g/mol. The van der Waals surface area contributed by atoms with Crippen LogP contribution in [0.1, 0.15) is 59.5 Å². The highest BCUT2D eigenvalue weighted by molar-refractivity contribution is 6.04. The van der Waals surface area contributed by atoms with Crippen molar-refractivity contribution in [3.63, 3.8) is 0 Å². The number of nitrogens with one attached hydrogen (secondary N) is 1. The van der Waals surface area contributed by atoms with E-state index in [1.54, 1.807) is 79.9 Å². The molecule has 4 rings (SSSR count). The molecule has 0 saturated heterocycles. The third kappa shape index (κ3) is 7.04. The van der Waals surface area contributed by atoms with Gasteiger partial charge in [-0.15, -0.1) is 0 Å². The quantitative estimate of drug-likeness (QED) is 0.389. The van der Waals surface area contributed by atoms with Crippen LogP contribution in [0.25, 0.3) is 0 Å². The Morgan fingerprint density at radius 1 is 0.841 bits per heavy atom. The van der Waals surface area contributed by atoms with Crippen LogP contribution in [0.4, 0.5) is 16.2 Å². The lowest BCUT2D eigenvalue weighted by Gasteiger charge is -2.39. The number of nitrogens with zero attached hydrogens (tertiary/aromatic N) is 2. The number of ether oxygens (including phenoxy) is 5. The zero-order valence-corrected chi connectivity index (χ0v) is 26.7. The molecule has 0 radical (unpaired) electrons. The normalized spacial score (nSPS) is 15.5. The molecule has 2 aliphatic rings. The lowest BCUT2D eigenvalue weighted by Crippen LogP contribution is -2.53. The molecule has 0 fully saturated rings. The van der Waals surface area contributed by atoms with Crippen molar-refractivity contribution >= 4 is 41.2 Å². The van der Waals surface area contributed by atoms with Gasteiger partial charge in [-0.2, -0.15) is 0 Å². The number of rotatable bonds is 5. The summed E-state index contributed by atoms with van der Waals surface area (Å²) in [6.07, 6.45) is -0.496. The lowest BCUT2D eigenvalue weighted by atomic mass is 10.0. The van der Waals surface area contributed by atoms with Crippen molar-refractivity contribution < 1.29 is 47.7 Å². The number of hydrogen-bond acceptors (Lipinski definition) is 10. The number of carbonyl (C=O) groups is 5. The van der Waals surface area contributed by atoms with Crippen LogP contribution >= 0.6 is 0 Å². The molecular weight excluding hydrogens is 574 g/mol. The summed E-state index contributed by atoms with van der Waals surface area (Å²) in [5.74, 6) is -0.417. The minimum absolute atomic E-state index is 0.0136. The van der Waals surface area contributed by atoms with Crippen molar-refractivity contribution in [1.82, 2.24) is 4.90 Å². The topological polar surface area (TPSA) is 150 Å². The Morgan fingerprint density at radius 2 is 1.36 bits per heavy atom. The molecule has 0 aliphatic carbocycles. The minimum atomic E-state index is -1.07. The molecule has 238 valence electrons. The number of amides is 3. The highest BCUT2D eigenvalue weighted by atomic mass is 16.6. The number of aryl methyl sites for hydroxylation is 2. The van der Waals surface area contributed by atoms with Crippen molar-refractivity contribution in [2.24, 2.45) is 0 Å². The highest BCUT2D eigenvalue weighted by Gasteiger charge is 2.41. The van der Waals surface area contributed by atoms with Crippen molar-refractivity contribution in [2.75, 3.05) is 51.7 Å². The zero-order valence-electron chi connectivity index (χ0n) is 26.7. The maximum Gasteiger partial charge on any atom is 0.409 e. The Morgan fingerprint density at radius 3 is 1.91 bits per heavy atom. The zero-order chi connectivity index (χ0) is 33.1. The number of esters is 2. The molecule has 1 N–H and O–H groups in total. The fraction of sp³-hybridized carbons (Fsp3) is 0.452. The van der Waals surface area contributed by atoms with Gasteiger partial charge in [-0.25, -0.2) is 14.4 Å². The molecule has 2 aromatic carbocycles. The first kappa shape index (κ1) is 33.7. The van der Waals surface area contributed by atoms with Crippen LogP contribution in [-0.4, -0.2) is 87.4 Å². The number of benzene rings is 2. The molecule has 0 unspecified atom stereocenters. The SMILES string of the molecule is COC(=O)c1cc2c(cc1C)OC(C)(C)C(=O)N2.COC(=O)c1cc2c(cc1C)OC(C)(C)C(=O)N2CCOC(=O)N(C)C. The van der Waals surface area contributed by atoms with Gasteiger partial charge in [0, 0.05) is 14.1 Å². The second-order valence-electron chi connectivity index (χ2n) is 11.4. The molecule has 2 aromatic rings. The van der Waals surface area contributed by atoms with E-state index < -0.39 is 29.2 Å². The predicted molar refractivity (Wildman–Crippen MR) is 160 cm³/mol. The van der Waals surface area contributed by atoms with E-state index in [0.717, 1.165) is 5.56 Å². The summed E-state index contributed by atoms with van der Waals surface area (Å²) < 4.78 is 26.0. The van der Waals surface area contributed by atoms with E-state index in [1.165, 1.54) is 24.0 Å². The van der Waals surface area contributed by atoms with E-state index in [4.69, 9.17) is 18.9 Å². The number of carbonyl (C=O) groups excluding carboxylic acids is 5. The standard InChI is InChI=1S/C18H24N2O6.C13H15NO4/c1-11-9-14-13(10-12(11)15(21)24-6)20(16(22)18(2,3)26-14)7-8-25-17(23)19(4)5;1-7-5-10-9(6-8(7)11(15)17-4)14-12(16)13(2,3)18-10/h9-10H,7-8H2,1-6H3;5-6H,1-4H3,(H,14,16). The third-order valence-electron chi connectivity index (χ3n) is 6.92. The van der Waals surface area contributed by atoms with Gasteiger partial charge in [0.1, 0.15) is 18.1 Å². The molecule has 3 amide bonds. The van der Waals surface area contributed by atoms with E-state index in [0.29, 0.717) is 39.6 Å². The first-order chi connectivity index (χ1) is 20.4. The van der Waals surface area contributed by atoms with Crippen LogP contribution in [-0.2, 0) is 23.8 Å². The predicted octanol–water partition coefficient (Wildman–Crippen LogP) is 3.87. The first-order valence-electron chi connectivity index (χ1n) is 13.7. The molecule has 13 heteroatoms. The summed E-state index contributed by atoms with van der Waals surface area (Å²) in [5.41, 5.74) is 1.14. The first-order valence-corrected chi connectivity index (χ1v) is 13.7. The summed E-state index contributed by atoms with van der Waals surface area (Å²) in [6.45, 7) is 10.4. The van der Waals surface area contributed by atoms with Crippen LogP contribution < -0.4 is 19.7 Å². The fourth-order valence-corrected chi connectivity index (χ4v) is 4.41. The second-order valence-corrected chi connectivity index (χ2v) is 11.4. The maximum atomic E-state index is 12.8. The summed E-state index contributed by atoms with van der Waals surface area (Å²) in [6, 6.07) is 6.57. The Bertz CT molecular complexity index is 1500. The lowest BCUT2D eigenvalue weighted by molar-refractivity contribution is -0.132. The Kier molecular flexibility index (Phi) is 9.82. The Hall–Kier alpha value is -4.81. The van der Waals surface area contributed by atoms with Gasteiger partial charge in [0.25, 0.3) is 11.8 Å². The molecule has 0 atom stereocenters. The number of methoxy groups -OCH3 is 2. The van der Waals surface area contributed by atoms with E-state index in [2.05, 4.69) is 10.1 Å². The highest BCUT2D eigenvalue weighted by Crippen LogP contribution is 2.40. The van der Waals surface area contributed by atoms with Crippen LogP contribution in [0.5, 0.6) is 11.5 Å². The molecule has 0 aromatic heterocycles. The number of hydrogen-bond donors (Lipinski definition) is 1. The fourth-order valence-electron chi connectivity index (χ4n) is 4.41. The van der Waals surface area contributed by atoms with Gasteiger partial charge in [-0.05, 0) is 76.9 Å². The second kappa shape index (κ2) is 12.8. The molecule has 13 nitrogen and oxygen atoms in total. The van der Waals surface area contributed by atoms with Crippen molar-refractivity contribution in [1.29, 1.82) is 0 Å². The molecular formula is C31H39N3O10. The van der Waals surface area contributed by atoms with Gasteiger partial charge in [-0.1, -0.05) is 0 Å². The Balaban J connectivity index is 0.000000257. The van der Waals surface area contributed by atoms with E-state index >= 15 is 0 Å². The van der Waals surface area contributed by atoms with Crippen molar-refractivity contribution in [3.8, 4) is 11.5 Å². The summed E-state index contributed by atoms with van der Waals surface area (Å²) in [4.78, 5) is 62.4. The van der Waals surface area contributed by atoms with Gasteiger partial charge in [0.2, 0.25) is 0 Å². The van der Waals surface area contributed by atoms with Crippen LogP contribution in [0.3, 0.4) is 0 Å². The number of fused-ring (bicyclic) bond motifs is 2. The Labute approximate surface area is 256 Å². The number of anilines is 2. The third-order valence-corrected chi connectivity index (χ3v) is 6.92. The van der Waals surface area contributed by atoms with Gasteiger partial charge in [0.05, 0.1) is 43.3 Å².